The molecule has 10 heteroatoms. The van der Waals surface area contributed by atoms with Crippen LogP contribution in [0, 0.1) is 0 Å². The van der Waals surface area contributed by atoms with Crippen molar-refractivity contribution in [2.75, 3.05) is 44.7 Å². The van der Waals surface area contributed by atoms with E-state index in [0.29, 0.717) is 30.7 Å². The lowest BCUT2D eigenvalue weighted by atomic mass is 10.3. The summed E-state index contributed by atoms with van der Waals surface area (Å²) in [5.41, 5.74) is 0.828. The van der Waals surface area contributed by atoms with Crippen molar-refractivity contribution in [2.45, 2.75) is 4.90 Å². The lowest BCUT2D eigenvalue weighted by molar-refractivity contribution is -0.119. The summed E-state index contributed by atoms with van der Waals surface area (Å²) in [6.45, 7) is 1.83. The quantitative estimate of drug-likeness (QED) is 0.606. The fourth-order valence-corrected chi connectivity index (χ4v) is 4.91. The van der Waals surface area contributed by atoms with Gasteiger partial charge in [0.05, 0.1) is 11.0 Å². The van der Waals surface area contributed by atoms with E-state index >= 15 is 0 Å². The van der Waals surface area contributed by atoms with Crippen molar-refractivity contribution < 1.29 is 13.2 Å². The van der Waals surface area contributed by atoms with Gasteiger partial charge in [-0.3, -0.25) is 9.69 Å². The fraction of sp³-hybridized carbons (Fsp3) is 0.333. The van der Waals surface area contributed by atoms with E-state index in [4.69, 9.17) is 11.6 Å². The number of sulfonamides is 1. The Morgan fingerprint density at radius 1 is 1.21 bits per heavy atom. The predicted molar refractivity (Wildman–Crippen MR) is 112 cm³/mol. The summed E-state index contributed by atoms with van der Waals surface area (Å²) < 4.78 is 27.4. The molecular formula is C18H20BrClN4O3S. The highest BCUT2D eigenvalue weighted by Gasteiger charge is 2.30. The van der Waals surface area contributed by atoms with Crippen molar-refractivity contribution in [1.82, 2.24) is 14.2 Å². The monoisotopic (exact) mass is 486 g/mol. The largest absolute Gasteiger partial charge is 0.314 e. The zero-order valence-electron chi connectivity index (χ0n) is 15.3. The van der Waals surface area contributed by atoms with Gasteiger partial charge < -0.3 is 4.90 Å². The molecule has 1 aromatic carbocycles. The van der Waals surface area contributed by atoms with Gasteiger partial charge in [0, 0.05) is 45.1 Å². The Hall–Kier alpha value is -1.52. The van der Waals surface area contributed by atoms with Gasteiger partial charge in [0.2, 0.25) is 15.9 Å². The second-order valence-corrected chi connectivity index (χ2v) is 9.56. The molecule has 0 unspecified atom stereocenters. The normalized spacial score (nSPS) is 16.1. The molecule has 1 aromatic heterocycles. The maximum atomic E-state index is 12.8. The summed E-state index contributed by atoms with van der Waals surface area (Å²) in [5, 5.41) is 0.213. The van der Waals surface area contributed by atoms with Crippen LogP contribution in [0.4, 0.5) is 5.69 Å². The van der Waals surface area contributed by atoms with Crippen LogP contribution >= 0.6 is 27.5 Å². The maximum Gasteiger partial charge on any atom is 0.244 e. The van der Waals surface area contributed by atoms with Gasteiger partial charge in [-0.15, -0.1) is 0 Å². The van der Waals surface area contributed by atoms with Crippen LogP contribution in [-0.2, 0) is 14.8 Å². The van der Waals surface area contributed by atoms with Crippen LogP contribution in [0.3, 0.4) is 0 Å². The average molecular weight is 488 g/mol. The Labute approximate surface area is 178 Å². The lowest BCUT2D eigenvalue weighted by Crippen LogP contribution is -2.51. The Kier molecular flexibility index (Phi) is 6.72. The molecule has 1 aliphatic heterocycles. The third kappa shape index (κ3) is 4.72. The molecule has 1 amide bonds. The molecule has 0 atom stereocenters. The van der Waals surface area contributed by atoms with Gasteiger partial charge in [-0.25, -0.2) is 13.4 Å². The first-order chi connectivity index (χ1) is 13.3. The van der Waals surface area contributed by atoms with Crippen LogP contribution in [0.25, 0.3) is 0 Å². The minimum Gasteiger partial charge on any atom is -0.314 e. The van der Waals surface area contributed by atoms with Crippen LogP contribution in [0.5, 0.6) is 0 Å². The second-order valence-electron chi connectivity index (χ2n) is 6.41. The number of nitrogens with zero attached hydrogens (tertiary/aromatic N) is 4. The number of hydrogen-bond donors (Lipinski definition) is 0. The van der Waals surface area contributed by atoms with Gasteiger partial charge in [-0.2, -0.15) is 4.31 Å². The summed E-state index contributed by atoms with van der Waals surface area (Å²) in [6, 6.07) is 10.9. The molecule has 3 rings (SSSR count). The molecule has 0 aliphatic carbocycles. The van der Waals surface area contributed by atoms with Crippen molar-refractivity contribution in [3.8, 4) is 0 Å². The summed E-state index contributed by atoms with van der Waals surface area (Å²) in [4.78, 5) is 20.1. The van der Waals surface area contributed by atoms with Gasteiger partial charge in [0.25, 0.3) is 0 Å². The zero-order valence-corrected chi connectivity index (χ0v) is 18.4. The fourth-order valence-electron chi connectivity index (χ4n) is 2.91. The molecule has 0 saturated carbocycles. The molecule has 2 heterocycles. The lowest BCUT2D eigenvalue weighted by Gasteiger charge is -2.34. The highest BCUT2D eigenvalue weighted by molar-refractivity contribution is 9.10. The van der Waals surface area contributed by atoms with Gasteiger partial charge in [-0.05, 0) is 34.1 Å². The van der Waals surface area contributed by atoms with Crippen LogP contribution in [0.1, 0.15) is 0 Å². The number of rotatable bonds is 5. The highest BCUT2D eigenvalue weighted by atomic mass is 79.9. The van der Waals surface area contributed by atoms with E-state index in [1.165, 1.54) is 16.6 Å². The maximum absolute atomic E-state index is 12.8. The number of hydrogen-bond acceptors (Lipinski definition) is 5. The summed E-state index contributed by atoms with van der Waals surface area (Å²) >= 11 is 9.05. The Balaban J connectivity index is 1.59. The van der Waals surface area contributed by atoms with Crippen LogP contribution < -0.4 is 4.90 Å². The second kappa shape index (κ2) is 8.87. The third-order valence-corrected chi connectivity index (χ3v) is 7.61. The first-order valence-electron chi connectivity index (χ1n) is 8.64. The molecule has 7 nitrogen and oxygen atoms in total. The first-order valence-corrected chi connectivity index (χ1v) is 11.3. The Morgan fingerprint density at radius 2 is 1.86 bits per heavy atom. The molecule has 0 spiro atoms. The minimum atomic E-state index is -3.65. The summed E-state index contributed by atoms with van der Waals surface area (Å²) in [7, 11) is -1.91. The van der Waals surface area contributed by atoms with Gasteiger partial charge in [-0.1, -0.05) is 29.8 Å². The Morgan fingerprint density at radius 3 is 2.46 bits per heavy atom. The number of halogens is 2. The molecule has 1 saturated heterocycles. The van der Waals surface area contributed by atoms with E-state index in [2.05, 4.69) is 20.9 Å². The van der Waals surface area contributed by atoms with Crippen molar-refractivity contribution in [3.63, 3.8) is 0 Å². The SMILES string of the molecule is CN(C(=O)CN1CCN(S(=O)(=O)c2cnc(Cl)c(Br)c2)CC1)c1ccccc1. The van der Waals surface area contributed by atoms with E-state index < -0.39 is 10.0 Å². The van der Waals surface area contributed by atoms with E-state index in [1.807, 2.05) is 35.2 Å². The van der Waals surface area contributed by atoms with Gasteiger partial charge in [0.1, 0.15) is 10.0 Å². The topological polar surface area (TPSA) is 73.8 Å². The molecule has 0 bridgehead atoms. The highest BCUT2D eigenvalue weighted by Crippen LogP contribution is 2.25. The number of aromatic nitrogens is 1. The van der Waals surface area contributed by atoms with Gasteiger partial charge >= 0.3 is 0 Å². The van der Waals surface area contributed by atoms with Crippen molar-refractivity contribution in [1.29, 1.82) is 0 Å². The molecule has 0 radical (unpaired) electrons. The number of anilines is 1. The number of likely N-dealkylation sites (N-methyl/N-ethyl adjacent to an activating group) is 1. The molecule has 150 valence electrons. The summed E-state index contributed by atoms with van der Waals surface area (Å²) in [5.74, 6) is -0.0339. The number of amides is 1. The molecule has 28 heavy (non-hydrogen) atoms. The number of benzene rings is 1. The van der Waals surface area contributed by atoms with E-state index in [0.717, 1.165) is 5.69 Å². The van der Waals surface area contributed by atoms with Crippen LogP contribution in [0.2, 0.25) is 5.15 Å². The van der Waals surface area contributed by atoms with Crippen molar-refractivity contribution in [3.05, 3.63) is 52.2 Å². The van der Waals surface area contributed by atoms with E-state index in [9.17, 15) is 13.2 Å². The zero-order chi connectivity index (χ0) is 20.3. The number of carbonyl (C=O) groups is 1. The minimum absolute atomic E-state index is 0.0339. The molecule has 1 fully saturated rings. The van der Waals surface area contributed by atoms with Crippen LogP contribution in [0.15, 0.2) is 52.0 Å². The standard InChI is InChI=1S/C18H20BrClN4O3S/c1-22(14-5-3-2-4-6-14)17(25)13-23-7-9-24(10-8-23)28(26,27)15-11-16(19)18(20)21-12-15/h2-6,11-12H,7-10,13H2,1H3. The number of pyridine rings is 1. The first kappa shape index (κ1) is 21.2. The molecule has 1 aliphatic rings. The van der Waals surface area contributed by atoms with E-state index in [-0.39, 0.29) is 22.5 Å². The van der Waals surface area contributed by atoms with E-state index in [1.54, 1.807) is 11.9 Å². The molecule has 0 N–H and O–H groups in total. The van der Waals surface area contributed by atoms with Gasteiger partial charge in [0.15, 0.2) is 0 Å². The number of piperazine rings is 1. The summed E-state index contributed by atoms with van der Waals surface area (Å²) in [6.07, 6.45) is 1.26. The average Bonchev–Trinajstić information content (AvgIpc) is 2.70. The van der Waals surface area contributed by atoms with Crippen molar-refractivity contribution >= 4 is 49.1 Å². The number of carbonyl (C=O) groups excluding carboxylic acids is 1. The smallest absolute Gasteiger partial charge is 0.244 e. The molecule has 2 aromatic rings. The predicted octanol–water partition coefficient (Wildman–Crippen LogP) is 2.47. The third-order valence-electron chi connectivity index (χ3n) is 4.62. The van der Waals surface area contributed by atoms with Crippen LogP contribution in [-0.4, -0.2) is 68.3 Å². The Bertz CT molecular complexity index is 951. The molecular weight excluding hydrogens is 468 g/mol. The number of para-hydroxylation sites is 1. The van der Waals surface area contributed by atoms with Crippen molar-refractivity contribution in [2.24, 2.45) is 0 Å².